The van der Waals surface area contributed by atoms with Crippen molar-refractivity contribution in [1.82, 2.24) is 24.5 Å². The van der Waals surface area contributed by atoms with E-state index in [-0.39, 0.29) is 6.54 Å². The maximum Gasteiger partial charge on any atom is 0.336 e. The van der Waals surface area contributed by atoms with Gasteiger partial charge in [-0.25, -0.2) is 14.3 Å². The quantitative estimate of drug-likeness (QED) is 0.532. The molecule has 0 aliphatic carbocycles. The Morgan fingerprint density at radius 3 is 2.81 bits per heavy atom. The van der Waals surface area contributed by atoms with Gasteiger partial charge in [0.25, 0.3) is 5.56 Å². The van der Waals surface area contributed by atoms with E-state index in [9.17, 15) is 18.8 Å². The van der Waals surface area contributed by atoms with Gasteiger partial charge in [0.15, 0.2) is 0 Å². The largest absolute Gasteiger partial charge is 0.423 e. The van der Waals surface area contributed by atoms with E-state index in [1.165, 1.54) is 10.7 Å². The molecular weight excluding hydrogens is 357 g/mol. The highest BCUT2D eigenvalue weighted by Crippen LogP contribution is 2.19. The molecule has 4 rings (SSSR count). The fourth-order valence-corrected chi connectivity index (χ4v) is 2.73. The Hall–Kier alpha value is -3.82. The molecule has 0 spiro atoms. The molecule has 0 unspecified atom stereocenters. The zero-order valence-electron chi connectivity index (χ0n) is 14.0. The number of halogens is 1. The monoisotopic (exact) mass is 369 g/mol. The van der Waals surface area contributed by atoms with Gasteiger partial charge in [-0.3, -0.25) is 14.3 Å². The Morgan fingerprint density at radius 2 is 2.00 bits per heavy atom. The van der Waals surface area contributed by atoms with Crippen molar-refractivity contribution >= 4 is 11.0 Å². The third-order valence-electron chi connectivity index (χ3n) is 4.04. The van der Waals surface area contributed by atoms with Crippen LogP contribution in [-0.2, 0) is 6.54 Å². The van der Waals surface area contributed by atoms with Gasteiger partial charge in [-0.1, -0.05) is 5.21 Å². The minimum absolute atomic E-state index is 0.0751. The summed E-state index contributed by atoms with van der Waals surface area (Å²) in [5.41, 5.74) is -0.105. The fourth-order valence-electron chi connectivity index (χ4n) is 2.73. The fraction of sp³-hybridized carbons (Fsp3) is 0.118. The van der Waals surface area contributed by atoms with Crippen molar-refractivity contribution in [3.63, 3.8) is 0 Å². The highest BCUT2D eigenvalue weighted by Gasteiger charge is 2.09. The lowest BCUT2D eigenvalue weighted by Crippen LogP contribution is -2.31. The number of aromatic amines is 1. The molecular formula is C17H12FN5O4. The SMILES string of the molecule is Cc1cc(=O)oc2cc(-n3cc(Cn4cc(F)c(=O)[nH]c4=O)nn3)ccc12. The number of aryl methyl sites for hydroxylation is 1. The average Bonchev–Trinajstić information content (AvgIpc) is 3.07. The maximum absolute atomic E-state index is 13.4. The van der Waals surface area contributed by atoms with Crippen LogP contribution in [0, 0.1) is 12.7 Å². The number of nitrogens with one attached hydrogen (secondary N) is 1. The molecule has 10 heteroatoms. The molecule has 0 atom stereocenters. The first-order valence-electron chi connectivity index (χ1n) is 7.86. The third-order valence-corrected chi connectivity index (χ3v) is 4.04. The Bertz CT molecular complexity index is 1350. The number of hydrogen-bond acceptors (Lipinski definition) is 6. The van der Waals surface area contributed by atoms with Crippen LogP contribution in [0.25, 0.3) is 16.7 Å². The molecule has 0 aliphatic rings. The number of nitrogens with zero attached hydrogens (tertiary/aromatic N) is 4. The van der Waals surface area contributed by atoms with E-state index in [0.717, 1.165) is 21.7 Å². The summed E-state index contributed by atoms with van der Waals surface area (Å²) in [6, 6.07) is 6.64. The summed E-state index contributed by atoms with van der Waals surface area (Å²) < 4.78 is 21.0. The van der Waals surface area contributed by atoms with E-state index in [4.69, 9.17) is 4.42 Å². The minimum Gasteiger partial charge on any atom is -0.423 e. The van der Waals surface area contributed by atoms with Gasteiger partial charge in [0, 0.05) is 17.5 Å². The number of hydrogen-bond donors (Lipinski definition) is 1. The van der Waals surface area contributed by atoms with Crippen molar-refractivity contribution in [2.75, 3.05) is 0 Å². The molecule has 0 bridgehead atoms. The van der Waals surface area contributed by atoms with Crippen molar-refractivity contribution in [1.29, 1.82) is 0 Å². The van der Waals surface area contributed by atoms with Crippen molar-refractivity contribution < 1.29 is 8.81 Å². The second-order valence-electron chi connectivity index (χ2n) is 5.95. The van der Waals surface area contributed by atoms with Gasteiger partial charge in [0.05, 0.1) is 24.6 Å². The van der Waals surface area contributed by atoms with Gasteiger partial charge < -0.3 is 4.42 Å². The smallest absolute Gasteiger partial charge is 0.336 e. The number of aromatic nitrogens is 5. The van der Waals surface area contributed by atoms with Crippen LogP contribution in [0.4, 0.5) is 4.39 Å². The Morgan fingerprint density at radius 1 is 1.19 bits per heavy atom. The number of benzene rings is 1. The average molecular weight is 369 g/mol. The minimum atomic E-state index is -1.08. The summed E-state index contributed by atoms with van der Waals surface area (Å²) in [5, 5.41) is 8.71. The van der Waals surface area contributed by atoms with E-state index < -0.39 is 22.7 Å². The molecule has 27 heavy (non-hydrogen) atoms. The van der Waals surface area contributed by atoms with Gasteiger partial charge in [-0.2, -0.15) is 4.39 Å². The molecule has 0 fully saturated rings. The number of H-pyrrole nitrogens is 1. The highest BCUT2D eigenvalue weighted by molar-refractivity contribution is 5.81. The molecule has 0 amide bonds. The summed E-state index contributed by atoms with van der Waals surface area (Å²) in [5.74, 6) is -1.07. The van der Waals surface area contributed by atoms with E-state index in [0.29, 0.717) is 17.0 Å². The zero-order chi connectivity index (χ0) is 19.1. The first-order chi connectivity index (χ1) is 12.9. The van der Waals surface area contributed by atoms with Gasteiger partial charge >= 0.3 is 11.3 Å². The predicted molar refractivity (Wildman–Crippen MR) is 92.5 cm³/mol. The molecule has 0 saturated carbocycles. The van der Waals surface area contributed by atoms with Crippen LogP contribution in [0.3, 0.4) is 0 Å². The van der Waals surface area contributed by atoms with Crippen LogP contribution >= 0.6 is 0 Å². The first-order valence-corrected chi connectivity index (χ1v) is 7.86. The van der Waals surface area contributed by atoms with E-state index in [2.05, 4.69) is 10.3 Å². The summed E-state index contributed by atoms with van der Waals surface area (Å²) >= 11 is 0. The molecule has 3 heterocycles. The molecule has 3 aromatic heterocycles. The summed E-state index contributed by atoms with van der Waals surface area (Å²) in [7, 11) is 0. The third kappa shape index (κ3) is 3.08. The molecule has 0 radical (unpaired) electrons. The lowest BCUT2D eigenvalue weighted by molar-refractivity contribution is 0.559. The first kappa shape index (κ1) is 16.6. The van der Waals surface area contributed by atoms with Gasteiger partial charge in [0.1, 0.15) is 11.3 Å². The molecule has 0 aliphatic heterocycles. The Kier molecular flexibility index (Phi) is 3.80. The predicted octanol–water partition coefficient (Wildman–Crippen LogP) is 0.720. The summed E-state index contributed by atoms with van der Waals surface area (Å²) in [4.78, 5) is 36.2. The normalized spacial score (nSPS) is 11.2. The van der Waals surface area contributed by atoms with Crippen LogP contribution in [-0.4, -0.2) is 24.5 Å². The standard InChI is InChI=1S/C17H12FN5O4/c1-9-4-15(24)27-14-5-11(2-3-12(9)14)23-7-10(20-21-23)6-22-8-13(18)16(25)19-17(22)26/h2-5,7-8H,6H2,1H3,(H,19,25,26). The highest BCUT2D eigenvalue weighted by atomic mass is 19.1. The molecule has 9 nitrogen and oxygen atoms in total. The summed E-state index contributed by atoms with van der Waals surface area (Å²) in [6.45, 7) is 1.74. The summed E-state index contributed by atoms with van der Waals surface area (Å²) in [6.07, 6.45) is 2.36. The van der Waals surface area contributed by atoms with Crippen LogP contribution < -0.4 is 16.9 Å². The molecule has 1 N–H and O–H groups in total. The van der Waals surface area contributed by atoms with Crippen molar-refractivity contribution in [3.8, 4) is 5.69 Å². The topological polar surface area (TPSA) is 116 Å². The van der Waals surface area contributed by atoms with Crippen molar-refractivity contribution in [2.24, 2.45) is 0 Å². The van der Waals surface area contributed by atoms with Crippen molar-refractivity contribution in [3.05, 3.63) is 85.0 Å². The Balaban J connectivity index is 1.70. The van der Waals surface area contributed by atoms with E-state index in [1.54, 1.807) is 24.4 Å². The van der Waals surface area contributed by atoms with Gasteiger partial charge in [0.2, 0.25) is 5.82 Å². The second kappa shape index (κ2) is 6.16. The van der Waals surface area contributed by atoms with Gasteiger partial charge in [-0.15, -0.1) is 5.10 Å². The molecule has 0 saturated heterocycles. The Labute approximate surface area is 149 Å². The zero-order valence-corrected chi connectivity index (χ0v) is 14.0. The van der Waals surface area contributed by atoms with E-state index >= 15 is 0 Å². The van der Waals surface area contributed by atoms with Crippen LogP contribution in [0.2, 0.25) is 0 Å². The number of fused-ring (bicyclic) bond motifs is 1. The lowest BCUT2D eigenvalue weighted by atomic mass is 10.1. The van der Waals surface area contributed by atoms with Gasteiger partial charge in [-0.05, 0) is 24.6 Å². The van der Waals surface area contributed by atoms with Crippen molar-refractivity contribution in [2.45, 2.75) is 13.5 Å². The lowest BCUT2D eigenvalue weighted by Gasteiger charge is -2.04. The maximum atomic E-state index is 13.4. The van der Waals surface area contributed by atoms with Crippen LogP contribution in [0.5, 0.6) is 0 Å². The second-order valence-corrected chi connectivity index (χ2v) is 5.95. The molecule has 136 valence electrons. The molecule has 1 aromatic carbocycles. The van der Waals surface area contributed by atoms with Crippen LogP contribution in [0.15, 0.2) is 55.5 Å². The van der Waals surface area contributed by atoms with Crippen LogP contribution in [0.1, 0.15) is 11.3 Å². The van der Waals surface area contributed by atoms with E-state index in [1.807, 2.05) is 11.9 Å². The molecule has 4 aromatic rings. The number of rotatable bonds is 3.